The van der Waals surface area contributed by atoms with E-state index in [9.17, 15) is 19.0 Å². The first kappa shape index (κ1) is 54.2. The zero-order valence-corrected chi connectivity index (χ0v) is 37.8. The lowest BCUT2D eigenvalue weighted by Crippen LogP contribution is -2.37. The number of unbranched alkanes of at least 4 members (excludes halogenated alkanes) is 21. The first-order valence-electron chi connectivity index (χ1n) is 22.7. The minimum Gasteiger partial charge on any atom is -0.462 e. The molecule has 0 aliphatic heterocycles. The molecule has 0 aromatic carbocycles. The number of allylic oxidation sites excluding steroid dienone is 6. The minimum atomic E-state index is -4.38. The Morgan fingerprint density at radius 1 is 0.554 bits per heavy atom. The van der Waals surface area contributed by atoms with Gasteiger partial charge in [-0.1, -0.05) is 172 Å². The number of ether oxygens (including phenoxy) is 2. The normalized spacial score (nSPS) is 13.9. The van der Waals surface area contributed by atoms with E-state index in [1.165, 1.54) is 122 Å². The van der Waals surface area contributed by atoms with E-state index in [1.54, 1.807) is 0 Å². The van der Waals surface area contributed by atoms with Gasteiger partial charge in [0.2, 0.25) is 0 Å². The quantitative estimate of drug-likeness (QED) is 0.0214. The lowest BCUT2D eigenvalue weighted by atomic mass is 10.0. The third kappa shape index (κ3) is 41.9. The summed E-state index contributed by atoms with van der Waals surface area (Å²) in [7, 11) is 1.45. The van der Waals surface area contributed by atoms with Crippen molar-refractivity contribution in [3.05, 3.63) is 36.5 Å². The molecular weight excluding hydrogens is 725 g/mol. The van der Waals surface area contributed by atoms with Gasteiger partial charge in [0.15, 0.2) is 6.10 Å². The number of phosphoric ester groups is 1. The van der Waals surface area contributed by atoms with Gasteiger partial charge in [-0.05, 0) is 44.9 Å². The summed E-state index contributed by atoms with van der Waals surface area (Å²) in [4.78, 5) is 35.4. The van der Waals surface area contributed by atoms with E-state index in [4.69, 9.17) is 18.5 Å². The number of quaternary nitrogens is 1. The summed E-state index contributed by atoms with van der Waals surface area (Å²) in [5.74, 6) is -0.854. The Bertz CT molecular complexity index is 1050. The summed E-state index contributed by atoms with van der Waals surface area (Å²) in [6, 6.07) is 0. The molecule has 0 saturated carbocycles. The smallest absolute Gasteiger partial charge is 0.462 e. The summed E-state index contributed by atoms with van der Waals surface area (Å²) in [5.41, 5.74) is 0. The maximum atomic E-state index is 12.7. The van der Waals surface area contributed by atoms with Gasteiger partial charge in [0, 0.05) is 12.8 Å². The fraction of sp³-hybridized carbons (Fsp3) is 0.826. The number of rotatable bonds is 41. The van der Waals surface area contributed by atoms with Crippen LogP contribution in [0.4, 0.5) is 0 Å². The predicted molar refractivity (Wildman–Crippen MR) is 234 cm³/mol. The molecule has 10 heteroatoms. The standard InChI is InChI=1S/C46H86NO8P/c1-6-8-10-12-14-16-18-20-22-23-25-26-28-30-32-34-36-38-45(48)52-42-44(43-54-56(50,51)53-41-40-47(3,4)5)55-46(49)39-37-35-33-31-29-27-24-21-19-17-15-13-11-9-7-2/h20,22,25-26,30,32,44H,6-19,21,23-24,27-29,31,33-43H2,1-5H3/p+1/b22-20+,26-25+,32-30+/t44-/m1/s1. The van der Waals surface area contributed by atoms with Crippen LogP contribution in [0.2, 0.25) is 0 Å². The summed E-state index contributed by atoms with van der Waals surface area (Å²) in [6.07, 6.45) is 43.4. The van der Waals surface area contributed by atoms with Gasteiger partial charge in [-0.15, -0.1) is 0 Å². The Morgan fingerprint density at radius 3 is 1.48 bits per heavy atom. The maximum Gasteiger partial charge on any atom is 0.472 e. The van der Waals surface area contributed by atoms with Crippen molar-refractivity contribution in [2.75, 3.05) is 47.5 Å². The van der Waals surface area contributed by atoms with Gasteiger partial charge in [-0.25, -0.2) is 4.57 Å². The molecule has 0 aliphatic carbocycles. The van der Waals surface area contributed by atoms with Crippen LogP contribution in [0, 0.1) is 0 Å². The molecule has 2 atom stereocenters. The molecule has 1 unspecified atom stereocenters. The number of likely N-dealkylation sites (N-methyl/N-ethyl adjacent to an activating group) is 1. The molecule has 0 aromatic heterocycles. The zero-order chi connectivity index (χ0) is 41.4. The molecule has 0 heterocycles. The first-order chi connectivity index (χ1) is 27.0. The average Bonchev–Trinajstić information content (AvgIpc) is 3.15. The van der Waals surface area contributed by atoms with Crippen LogP contribution in [0.25, 0.3) is 0 Å². The van der Waals surface area contributed by atoms with Crippen LogP contribution in [0.5, 0.6) is 0 Å². The Labute approximate surface area is 344 Å². The van der Waals surface area contributed by atoms with Crippen molar-refractivity contribution >= 4 is 19.8 Å². The molecule has 56 heavy (non-hydrogen) atoms. The van der Waals surface area contributed by atoms with E-state index >= 15 is 0 Å². The van der Waals surface area contributed by atoms with Gasteiger partial charge in [0.25, 0.3) is 0 Å². The van der Waals surface area contributed by atoms with Crippen LogP contribution in [-0.2, 0) is 32.7 Å². The van der Waals surface area contributed by atoms with Gasteiger partial charge in [0.1, 0.15) is 19.8 Å². The molecule has 1 N–H and O–H groups in total. The molecule has 328 valence electrons. The number of hydrogen-bond acceptors (Lipinski definition) is 7. The summed E-state index contributed by atoms with van der Waals surface area (Å²) >= 11 is 0. The third-order valence-corrected chi connectivity index (χ3v) is 10.7. The van der Waals surface area contributed by atoms with Crippen LogP contribution < -0.4 is 0 Å². The van der Waals surface area contributed by atoms with E-state index in [0.717, 1.165) is 32.1 Å². The fourth-order valence-electron chi connectivity index (χ4n) is 6.09. The topological polar surface area (TPSA) is 108 Å². The molecule has 0 spiro atoms. The highest BCUT2D eigenvalue weighted by atomic mass is 31.2. The number of phosphoric acid groups is 1. The molecule has 0 rings (SSSR count). The van der Waals surface area contributed by atoms with Gasteiger partial charge >= 0.3 is 19.8 Å². The lowest BCUT2D eigenvalue weighted by Gasteiger charge is -2.24. The van der Waals surface area contributed by atoms with Crippen LogP contribution in [0.3, 0.4) is 0 Å². The van der Waals surface area contributed by atoms with Crippen LogP contribution in [0.15, 0.2) is 36.5 Å². The monoisotopic (exact) mass is 813 g/mol. The molecule has 0 saturated heterocycles. The fourth-order valence-corrected chi connectivity index (χ4v) is 6.83. The SMILES string of the molecule is CCCCCCCC/C=C/C/C=C/C/C=C/CCCC(=O)OC[C@H](COP(=O)(O)OCC[N+](C)(C)C)OC(=O)CCCCCCCCCCCCCCCCC. The van der Waals surface area contributed by atoms with E-state index in [0.29, 0.717) is 23.9 Å². The highest BCUT2D eigenvalue weighted by Crippen LogP contribution is 2.43. The number of carbonyl (C=O) groups is 2. The number of esters is 2. The second-order valence-corrected chi connectivity index (χ2v) is 17.9. The van der Waals surface area contributed by atoms with Gasteiger partial charge < -0.3 is 18.9 Å². The van der Waals surface area contributed by atoms with Gasteiger partial charge in [-0.2, -0.15) is 0 Å². The summed E-state index contributed by atoms with van der Waals surface area (Å²) < 4.78 is 34.3. The van der Waals surface area contributed by atoms with Crippen molar-refractivity contribution < 1.29 is 42.1 Å². The Hall–Kier alpha value is -1.77. The molecule has 0 radical (unpaired) electrons. The van der Waals surface area contributed by atoms with E-state index < -0.39 is 32.5 Å². The number of nitrogens with zero attached hydrogens (tertiary/aromatic N) is 1. The van der Waals surface area contributed by atoms with Crippen molar-refractivity contribution in [1.82, 2.24) is 0 Å². The first-order valence-corrected chi connectivity index (χ1v) is 24.2. The second kappa shape index (κ2) is 38.7. The number of carbonyl (C=O) groups excluding carboxylic acids is 2. The largest absolute Gasteiger partial charge is 0.472 e. The van der Waals surface area contributed by atoms with Gasteiger partial charge in [0.05, 0.1) is 27.7 Å². The Balaban J connectivity index is 4.41. The molecule has 0 aromatic rings. The van der Waals surface area contributed by atoms with E-state index in [-0.39, 0.29) is 26.1 Å². The molecule has 9 nitrogen and oxygen atoms in total. The van der Waals surface area contributed by atoms with Crippen molar-refractivity contribution in [2.45, 2.75) is 200 Å². The molecule has 0 fully saturated rings. The Kier molecular flexibility index (Phi) is 37.5. The van der Waals surface area contributed by atoms with Gasteiger partial charge in [-0.3, -0.25) is 18.6 Å². The molecule has 0 amide bonds. The maximum absolute atomic E-state index is 12.7. The second-order valence-electron chi connectivity index (χ2n) is 16.4. The third-order valence-electron chi connectivity index (χ3n) is 9.67. The predicted octanol–water partition coefficient (Wildman–Crippen LogP) is 12.9. The molecular formula is C46H87NO8P+. The Morgan fingerprint density at radius 2 is 0.982 bits per heavy atom. The lowest BCUT2D eigenvalue weighted by molar-refractivity contribution is -0.870. The summed E-state index contributed by atoms with van der Waals surface area (Å²) in [6.45, 7) is 4.37. The van der Waals surface area contributed by atoms with E-state index in [2.05, 4.69) is 50.3 Å². The highest BCUT2D eigenvalue weighted by molar-refractivity contribution is 7.47. The average molecular weight is 813 g/mol. The zero-order valence-electron chi connectivity index (χ0n) is 36.9. The van der Waals surface area contributed by atoms with Crippen molar-refractivity contribution in [3.8, 4) is 0 Å². The van der Waals surface area contributed by atoms with Crippen LogP contribution in [-0.4, -0.2) is 74.9 Å². The number of hydrogen-bond donors (Lipinski definition) is 1. The minimum absolute atomic E-state index is 0.0251. The van der Waals surface area contributed by atoms with Crippen molar-refractivity contribution in [3.63, 3.8) is 0 Å². The van der Waals surface area contributed by atoms with Crippen molar-refractivity contribution in [2.24, 2.45) is 0 Å². The molecule has 0 aliphatic rings. The van der Waals surface area contributed by atoms with Crippen LogP contribution >= 0.6 is 7.82 Å². The van der Waals surface area contributed by atoms with Crippen LogP contribution in [0.1, 0.15) is 194 Å². The highest BCUT2D eigenvalue weighted by Gasteiger charge is 2.27. The molecule has 0 bridgehead atoms. The van der Waals surface area contributed by atoms with E-state index in [1.807, 2.05) is 21.1 Å². The van der Waals surface area contributed by atoms with Crippen molar-refractivity contribution in [1.29, 1.82) is 0 Å². The summed E-state index contributed by atoms with van der Waals surface area (Å²) in [5, 5.41) is 0.